The number of esters is 1. The van der Waals surface area contributed by atoms with E-state index in [1.165, 1.54) is 43.7 Å². The summed E-state index contributed by atoms with van der Waals surface area (Å²) in [6.07, 6.45) is 3.24. The van der Waals surface area contributed by atoms with Crippen LogP contribution >= 0.6 is 23.2 Å². The predicted octanol–water partition coefficient (Wildman–Crippen LogP) is 2.97. The van der Waals surface area contributed by atoms with Crippen molar-refractivity contribution in [2.24, 2.45) is 0 Å². The molecule has 1 atom stereocenters. The smallest absolute Gasteiger partial charge is 0.339 e. The average molecular weight is 340 g/mol. The van der Waals surface area contributed by atoms with Crippen LogP contribution in [0.25, 0.3) is 0 Å². The molecule has 8 heteroatoms. The van der Waals surface area contributed by atoms with E-state index in [1.807, 2.05) is 0 Å². The Labute approximate surface area is 136 Å². The van der Waals surface area contributed by atoms with Gasteiger partial charge in [0.25, 0.3) is 5.91 Å². The average Bonchev–Trinajstić information content (AvgIpc) is 2.50. The first kappa shape index (κ1) is 16.2. The Morgan fingerprint density at radius 1 is 1.27 bits per heavy atom. The molecule has 1 amide bonds. The monoisotopic (exact) mass is 339 g/mol. The third kappa shape index (κ3) is 4.16. The van der Waals surface area contributed by atoms with Gasteiger partial charge in [0, 0.05) is 18.6 Å². The Morgan fingerprint density at radius 2 is 1.95 bits per heavy atom. The van der Waals surface area contributed by atoms with E-state index in [4.69, 9.17) is 27.9 Å². The molecule has 0 fully saturated rings. The fourth-order valence-corrected chi connectivity index (χ4v) is 1.92. The molecule has 0 unspecified atom stereocenters. The van der Waals surface area contributed by atoms with Gasteiger partial charge in [-0.2, -0.15) is 0 Å². The SMILES string of the molecule is C[C@H](OC(=O)c1ccncc1)C(=O)Nc1ncc(Cl)cc1Cl. The second-order valence-corrected chi connectivity index (χ2v) is 5.10. The molecule has 0 aliphatic heterocycles. The van der Waals surface area contributed by atoms with E-state index in [0.29, 0.717) is 10.6 Å². The molecule has 2 aromatic rings. The van der Waals surface area contributed by atoms with Crippen molar-refractivity contribution in [2.75, 3.05) is 5.32 Å². The molecule has 0 radical (unpaired) electrons. The molecule has 1 N–H and O–H groups in total. The maximum absolute atomic E-state index is 12.0. The van der Waals surface area contributed by atoms with Gasteiger partial charge < -0.3 is 10.1 Å². The summed E-state index contributed by atoms with van der Waals surface area (Å²) in [7, 11) is 0. The summed E-state index contributed by atoms with van der Waals surface area (Å²) in [6, 6.07) is 4.43. The first-order valence-electron chi connectivity index (χ1n) is 6.20. The van der Waals surface area contributed by atoms with Gasteiger partial charge in [0.15, 0.2) is 11.9 Å². The van der Waals surface area contributed by atoms with Gasteiger partial charge in [-0.15, -0.1) is 0 Å². The number of amides is 1. The number of carbonyl (C=O) groups excluding carboxylic acids is 2. The number of aromatic nitrogens is 2. The van der Waals surface area contributed by atoms with Crippen molar-refractivity contribution in [1.29, 1.82) is 0 Å². The minimum atomic E-state index is -1.02. The maximum atomic E-state index is 12.0. The number of pyridine rings is 2. The van der Waals surface area contributed by atoms with Crippen LogP contribution < -0.4 is 5.32 Å². The van der Waals surface area contributed by atoms with E-state index in [0.717, 1.165) is 0 Å². The second kappa shape index (κ2) is 7.20. The Kier molecular flexibility index (Phi) is 5.30. The van der Waals surface area contributed by atoms with Crippen molar-refractivity contribution >= 4 is 40.9 Å². The highest BCUT2D eigenvalue weighted by molar-refractivity contribution is 6.36. The van der Waals surface area contributed by atoms with E-state index in [2.05, 4.69) is 15.3 Å². The van der Waals surface area contributed by atoms with Gasteiger partial charge in [-0.1, -0.05) is 23.2 Å². The van der Waals surface area contributed by atoms with Crippen LogP contribution in [0.3, 0.4) is 0 Å². The van der Waals surface area contributed by atoms with E-state index >= 15 is 0 Å². The highest BCUT2D eigenvalue weighted by atomic mass is 35.5. The highest BCUT2D eigenvalue weighted by Gasteiger charge is 2.20. The van der Waals surface area contributed by atoms with Crippen molar-refractivity contribution in [2.45, 2.75) is 13.0 Å². The Balaban J connectivity index is 1.99. The van der Waals surface area contributed by atoms with Gasteiger partial charge in [-0.3, -0.25) is 9.78 Å². The lowest BCUT2D eigenvalue weighted by atomic mass is 10.3. The summed E-state index contributed by atoms with van der Waals surface area (Å²) in [5.41, 5.74) is 0.303. The minimum absolute atomic E-state index is 0.142. The molecule has 2 heterocycles. The summed E-state index contributed by atoms with van der Waals surface area (Å²) in [4.78, 5) is 31.5. The summed E-state index contributed by atoms with van der Waals surface area (Å²) < 4.78 is 5.06. The minimum Gasteiger partial charge on any atom is -0.449 e. The van der Waals surface area contributed by atoms with Crippen molar-refractivity contribution in [3.8, 4) is 0 Å². The van der Waals surface area contributed by atoms with Crippen LogP contribution in [0.2, 0.25) is 10.0 Å². The number of anilines is 1. The Bertz CT molecular complexity index is 695. The van der Waals surface area contributed by atoms with E-state index in [-0.39, 0.29) is 10.8 Å². The number of halogens is 2. The largest absolute Gasteiger partial charge is 0.449 e. The molecule has 0 bridgehead atoms. The predicted molar refractivity (Wildman–Crippen MR) is 82.0 cm³/mol. The number of hydrogen-bond donors (Lipinski definition) is 1. The second-order valence-electron chi connectivity index (χ2n) is 4.26. The van der Waals surface area contributed by atoms with E-state index in [1.54, 1.807) is 0 Å². The first-order valence-corrected chi connectivity index (χ1v) is 6.96. The number of rotatable bonds is 4. The molecule has 22 heavy (non-hydrogen) atoms. The summed E-state index contributed by atoms with van der Waals surface area (Å²) in [5, 5.41) is 3.00. The molecule has 0 spiro atoms. The normalized spacial score (nSPS) is 11.6. The van der Waals surface area contributed by atoms with Crippen molar-refractivity contribution in [3.05, 3.63) is 52.4 Å². The standard InChI is InChI=1S/C14H11Cl2N3O3/c1-8(22-14(21)9-2-4-17-5-3-9)13(20)19-12-11(16)6-10(15)7-18-12/h2-8H,1H3,(H,18,19,20)/t8-/m0/s1. The summed E-state index contributed by atoms with van der Waals surface area (Å²) >= 11 is 11.6. The third-order valence-electron chi connectivity index (χ3n) is 2.62. The Morgan fingerprint density at radius 3 is 2.59 bits per heavy atom. The van der Waals surface area contributed by atoms with Gasteiger partial charge in [-0.05, 0) is 25.1 Å². The molecule has 0 aliphatic carbocycles. The number of nitrogens with zero attached hydrogens (tertiary/aromatic N) is 2. The van der Waals surface area contributed by atoms with Gasteiger partial charge in [0.2, 0.25) is 0 Å². The number of ether oxygens (including phenoxy) is 1. The zero-order valence-electron chi connectivity index (χ0n) is 11.4. The number of hydrogen-bond acceptors (Lipinski definition) is 5. The zero-order valence-corrected chi connectivity index (χ0v) is 12.9. The van der Waals surface area contributed by atoms with Gasteiger partial charge in [-0.25, -0.2) is 9.78 Å². The zero-order chi connectivity index (χ0) is 16.1. The van der Waals surface area contributed by atoms with Gasteiger partial charge >= 0.3 is 5.97 Å². The van der Waals surface area contributed by atoms with Crippen LogP contribution in [0.15, 0.2) is 36.8 Å². The third-order valence-corrected chi connectivity index (χ3v) is 3.11. The van der Waals surface area contributed by atoms with Crippen LogP contribution in [-0.4, -0.2) is 27.9 Å². The number of nitrogens with one attached hydrogen (secondary N) is 1. The van der Waals surface area contributed by atoms with Gasteiger partial charge in [0.05, 0.1) is 15.6 Å². The highest BCUT2D eigenvalue weighted by Crippen LogP contribution is 2.22. The van der Waals surface area contributed by atoms with Crippen molar-refractivity contribution < 1.29 is 14.3 Å². The molecular weight excluding hydrogens is 329 g/mol. The van der Waals surface area contributed by atoms with Crippen molar-refractivity contribution in [3.63, 3.8) is 0 Å². The fraction of sp³-hybridized carbons (Fsp3) is 0.143. The molecule has 2 aromatic heterocycles. The molecule has 2 rings (SSSR count). The quantitative estimate of drug-likeness (QED) is 0.866. The van der Waals surface area contributed by atoms with Crippen LogP contribution in [0.4, 0.5) is 5.82 Å². The van der Waals surface area contributed by atoms with Crippen LogP contribution in [-0.2, 0) is 9.53 Å². The molecular formula is C14H11Cl2N3O3. The molecule has 0 aromatic carbocycles. The maximum Gasteiger partial charge on any atom is 0.339 e. The van der Waals surface area contributed by atoms with Crippen LogP contribution in [0.1, 0.15) is 17.3 Å². The molecule has 0 saturated heterocycles. The lowest BCUT2D eigenvalue weighted by Crippen LogP contribution is -2.30. The lowest BCUT2D eigenvalue weighted by Gasteiger charge is -2.13. The molecule has 114 valence electrons. The van der Waals surface area contributed by atoms with E-state index in [9.17, 15) is 9.59 Å². The first-order chi connectivity index (χ1) is 10.5. The lowest BCUT2D eigenvalue weighted by molar-refractivity contribution is -0.123. The van der Waals surface area contributed by atoms with Crippen LogP contribution in [0, 0.1) is 0 Å². The van der Waals surface area contributed by atoms with Crippen LogP contribution in [0.5, 0.6) is 0 Å². The summed E-state index contributed by atoms with van der Waals surface area (Å²) in [6.45, 7) is 1.44. The Hall–Kier alpha value is -2.18. The number of carbonyl (C=O) groups is 2. The fourth-order valence-electron chi connectivity index (χ4n) is 1.49. The molecule has 0 aliphatic rings. The molecule has 0 saturated carbocycles. The van der Waals surface area contributed by atoms with Crippen molar-refractivity contribution in [1.82, 2.24) is 9.97 Å². The van der Waals surface area contributed by atoms with E-state index < -0.39 is 18.0 Å². The van der Waals surface area contributed by atoms with Gasteiger partial charge in [0.1, 0.15) is 0 Å². The molecule has 6 nitrogen and oxygen atoms in total. The topological polar surface area (TPSA) is 81.2 Å². The summed E-state index contributed by atoms with van der Waals surface area (Å²) in [5.74, 6) is -1.04.